The number of non-ortho nitro benzene ring substituents is 1. The SMILES string of the molecule is O=[N+]([O-])c1ccc(Cc2cn3ccccc3n2)cc1. The summed E-state index contributed by atoms with van der Waals surface area (Å²) in [7, 11) is 0. The van der Waals surface area contributed by atoms with Gasteiger partial charge in [-0.15, -0.1) is 0 Å². The van der Waals surface area contributed by atoms with E-state index in [-0.39, 0.29) is 5.69 Å². The monoisotopic (exact) mass is 253 g/mol. The fraction of sp³-hybridized carbons (Fsp3) is 0.0714. The highest BCUT2D eigenvalue weighted by Gasteiger charge is 2.06. The molecule has 0 fully saturated rings. The summed E-state index contributed by atoms with van der Waals surface area (Å²) in [4.78, 5) is 14.7. The van der Waals surface area contributed by atoms with Gasteiger partial charge in [-0.3, -0.25) is 10.1 Å². The molecule has 5 nitrogen and oxygen atoms in total. The molecule has 2 heterocycles. The fourth-order valence-corrected chi connectivity index (χ4v) is 2.02. The Labute approximate surface area is 109 Å². The Morgan fingerprint density at radius 3 is 2.63 bits per heavy atom. The molecule has 0 unspecified atom stereocenters. The van der Waals surface area contributed by atoms with Crippen LogP contribution in [-0.4, -0.2) is 14.3 Å². The van der Waals surface area contributed by atoms with Crippen molar-refractivity contribution < 1.29 is 4.92 Å². The fourth-order valence-electron chi connectivity index (χ4n) is 2.02. The number of benzene rings is 1. The van der Waals surface area contributed by atoms with Crippen LogP contribution in [0.25, 0.3) is 5.65 Å². The average molecular weight is 253 g/mol. The maximum atomic E-state index is 10.6. The minimum absolute atomic E-state index is 0.110. The Bertz CT molecular complexity index is 699. The van der Waals surface area contributed by atoms with Crippen LogP contribution in [0.3, 0.4) is 0 Å². The largest absolute Gasteiger partial charge is 0.307 e. The highest BCUT2D eigenvalue weighted by atomic mass is 16.6. The lowest BCUT2D eigenvalue weighted by molar-refractivity contribution is -0.384. The number of hydrogen-bond donors (Lipinski definition) is 0. The van der Waals surface area contributed by atoms with E-state index in [1.807, 2.05) is 35.0 Å². The molecule has 0 bridgehead atoms. The molecule has 0 aliphatic rings. The van der Waals surface area contributed by atoms with Crippen molar-refractivity contribution in [1.82, 2.24) is 9.38 Å². The summed E-state index contributed by atoms with van der Waals surface area (Å²) < 4.78 is 1.96. The molecule has 94 valence electrons. The summed E-state index contributed by atoms with van der Waals surface area (Å²) in [5.41, 5.74) is 2.97. The van der Waals surface area contributed by atoms with Crippen molar-refractivity contribution in [3.05, 3.63) is 76.2 Å². The number of imidazole rings is 1. The van der Waals surface area contributed by atoms with Crippen LogP contribution < -0.4 is 0 Å². The van der Waals surface area contributed by atoms with E-state index in [0.717, 1.165) is 16.9 Å². The van der Waals surface area contributed by atoms with Crippen molar-refractivity contribution in [2.45, 2.75) is 6.42 Å². The Hall–Kier alpha value is -2.69. The van der Waals surface area contributed by atoms with Gasteiger partial charge in [0.2, 0.25) is 0 Å². The lowest BCUT2D eigenvalue weighted by Crippen LogP contribution is -1.91. The van der Waals surface area contributed by atoms with Crippen LogP contribution in [0.1, 0.15) is 11.3 Å². The number of fused-ring (bicyclic) bond motifs is 1. The molecule has 0 saturated heterocycles. The topological polar surface area (TPSA) is 60.4 Å². The molecule has 0 N–H and O–H groups in total. The zero-order valence-electron chi connectivity index (χ0n) is 10.1. The van der Waals surface area contributed by atoms with Crippen molar-refractivity contribution in [2.75, 3.05) is 0 Å². The van der Waals surface area contributed by atoms with Crippen LogP contribution in [0, 0.1) is 10.1 Å². The number of hydrogen-bond acceptors (Lipinski definition) is 3. The Morgan fingerprint density at radius 1 is 1.16 bits per heavy atom. The van der Waals surface area contributed by atoms with E-state index in [1.165, 1.54) is 12.1 Å². The van der Waals surface area contributed by atoms with Crippen LogP contribution in [0.2, 0.25) is 0 Å². The summed E-state index contributed by atoms with van der Waals surface area (Å²) in [6.07, 6.45) is 4.58. The van der Waals surface area contributed by atoms with Crippen molar-refractivity contribution in [3.63, 3.8) is 0 Å². The molecular weight excluding hydrogens is 242 g/mol. The highest BCUT2D eigenvalue weighted by molar-refractivity contribution is 5.41. The Kier molecular flexibility index (Phi) is 2.72. The number of rotatable bonds is 3. The van der Waals surface area contributed by atoms with Gasteiger partial charge in [0.15, 0.2) is 0 Å². The first kappa shape index (κ1) is 11.4. The molecule has 1 aromatic carbocycles. The zero-order valence-corrected chi connectivity index (χ0v) is 10.1. The predicted molar refractivity (Wildman–Crippen MR) is 71.1 cm³/mol. The first-order valence-electron chi connectivity index (χ1n) is 5.88. The summed E-state index contributed by atoms with van der Waals surface area (Å²) in [5, 5.41) is 10.6. The molecule has 0 aliphatic carbocycles. The van der Waals surface area contributed by atoms with Crippen LogP contribution in [0.15, 0.2) is 54.9 Å². The molecule has 2 aromatic heterocycles. The molecule has 0 amide bonds. The Morgan fingerprint density at radius 2 is 1.95 bits per heavy atom. The smallest absolute Gasteiger partial charge is 0.269 e. The predicted octanol–water partition coefficient (Wildman–Crippen LogP) is 2.83. The van der Waals surface area contributed by atoms with E-state index in [4.69, 9.17) is 0 Å². The molecular formula is C14H11N3O2. The summed E-state index contributed by atoms with van der Waals surface area (Å²) in [6, 6.07) is 12.4. The van der Waals surface area contributed by atoms with Gasteiger partial charge in [-0.05, 0) is 17.7 Å². The van der Waals surface area contributed by atoms with Gasteiger partial charge in [0.1, 0.15) is 5.65 Å². The van der Waals surface area contributed by atoms with Gasteiger partial charge < -0.3 is 4.40 Å². The molecule has 19 heavy (non-hydrogen) atoms. The molecule has 0 radical (unpaired) electrons. The third-order valence-corrected chi connectivity index (χ3v) is 2.95. The second-order valence-corrected chi connectivity index (χ2v) is 4.30. The number of pyridine rings is 1. The van der Waals surface area contributed by atoms with Crippen molar-refractivity contribution >= 4 is 11.3 Å². The zero-order chi connectivity index (χ0) is 13.2. The maximum absolute atomic E-state index is 10.6. The van der Waals surface area contributed by atoms with E-state index in [2.05, 4.69) is 4.98 Å². The lowest BCUT2D eigenvalue weighted by atomic mass is 10.1. The van der Waals surface area contributed by atoms with E-state index in [0.29, 0.717) is 6.42 Å². The van der Waals surface area contributed by atoms with Gasteiger partial charge in [0.25, 0.3) is 5.69 Å². The van der Waals surface area contributed by atoms with Gasteiger partial charge in [0.05, 0.1) is 10.6 Å². The number of nitro benzene ring substituents is 1. The van der Waals surface area contributed by atoms with Crippen LogP contribution in [0.5, 0.6) is 0 Å². The third-order valence-electron chi connectivity index (χ3n) is 2.95. The van der Waals surface area contributed by atoms with E-state index >= 15 is 0 Å². The van der Waals surface area contributed by atoms with E-state index in [1.54, 1.807) is 12.1 Å². The second kappa shape index (κ2) is 4.53. The van der Waals surface area contributed by atoms with Gasteiger partial charge in [-0.1, -0.05) is 18.2 Å². The summed E-state index contributed by atoms with van der Waals surface area (Å²) in [6.45, 7) is 0. The third kappa shape index (κ3) is 2.30. The van der Waals surface area contributed by atoms with E-state index < -0.39 is 4.92 Å². The first-order valence-corrected chi connectivity index (χ1v) is 5.88. The second-order valence-electron chi connectivity index (χ2n) is 4.30. The lowest BCUT2D eigenvalue weighted by Gasteiger charge is -1.97. The molecule has 0 saturated carbocycles. The molecule has 3 rings (SSSR count). The maximum Gasteiger partial charge on any atom is 0.269 e. The number of nitrogens with zero attached hydrogens (tertiary/aromatic N) is 3. The van der Waals surface area contributed by atoms with E-state index in [9.17, 15) is 10.1 Å². The molecule has 3 aromatic rings. The summed E-state index contributed by atoms with van der Waals surface area (Å²) in [5.74, 6) is 0. The average Bonchev–Trinajstić information content (AvgIpc) is 2.81. The number of aromatic nitrogens is 2. The molecule has 0 aliphatic heterocycles. The standard InChI is InChI=1S/C14H11N3O2/c18-17(19)13-6-4-11(5-7-13)9-12-10-16-8-2-1-3-14(16)15-12/h1-8,10H,9H2. The minimum atomic E-state index is -0.394. The molecule has 5 heteroatoms. The van der Waals surface area contributed by atoms with Crippen molar-refractivity contribution in [2.24, 2.45) is 0 Å². The normalized spacial score (nSPS) is 10.7. The quantitative estimate of drug-likeness (QED) is 0.532. The molecule has 0 atom stereocenters. The Balaban J connectivity index is 1.86. The number of nitro groups is 1. The van der Waals surface area contributed by atoms with Gasteiger partial charge >= 0.3 is 0 Å². The summed E-state index contributed by atoms with van der Waals surface area (Å²) >= 11 is 0. The minimum Gasteiger partial charge on any atom is -0.307 e. The van der Waals surface area contributed by atoms with Gasteiger partial charge in [-0.25, -0.2) is 4.98 Å². The van der Waals surface area contributed by atoms with Gasteiger partial charge in [0, 0.05) is 30.9 Å². The van der Waals surface area contributed by atoms with Crippen LogP contribution >= 0.6 is 0 Å². The van der Waals surface area contributed by atoms with Crippen LogP contribution in [-0.2, 0) is 6.42 Å². The van der Waals surface area contributed by atoms with Crippen molar-refractivity contribution in [1.29, 1.82) is 0 Å². The molecule has 0 spiro atoms. The van der Waals surface area contributed by atoms with Crippen LogP contribution in [0.4, 0.5) is 5.69 Å². The highest BCUT2D eigenvalue weighted by Crippen LogP contribution is 2.15. The van der Waals surface area contributed by atoms with Crippen molar-refractivity contribution in [3.8, 4) is 0 Å². The first-order chi connectivity index (χ1) is 9.22. The van der Waals surface area contributed by atoms with Gasteiger partial charge in [-0.2, -0.15) is 0 Å².